The molecule has 0 aliphatic carbocycles. The number of halogens is 2. The first kappa shape index (κ1) is 18.4. The van der Waals surface area contributed by atoms with Crippen molar-refractivity contribution in [2.75, 3.05) is 16.0 Å². The molecule has 1 aliphatic heterocycles. The topological polar surface area (TPSA) is 95.7 Å². The van der Waals surface area contributed by atoms with Crippen LogP contribution in [0.15, 0.2) is 36.4 Å². The molecule has 0 unspecified atom stereocenters. The van der Waals surface area contributed by atoms with Gasteiger partial charge in [-0.25, -0.2) is 4.79 Å². The number of nitrogen functional groups attached to an aromatic ring is 1. The monoisotopic (exact) mass is 393 g/mol. The summed E-state index contributed by atoms with van der Waals surface area (Å²) < 4.78 is 0. The molecule has 0 spiro atoms. The summed E-state index contributed by atoms with van der Waals surface area (Å²) in [5, 5.41) is 13.2. The summed E-state index contributed by atoms with van der Waals surface area (Å²) in [6.07, 6.45) is 0.160. The predicted octanol–water partition coefficient (Wildman–Crippen LogP) is 3.94. The van der Waals surface area contributed by atoms with Gasteiger partial charge in [-0.1, -0.05) is 23.2 Å². The number of carboxylic acids is 1. The third-order valence-electron chi connectivity index (χ3n) is 4.34. The fraction of sp³-hybridized carbons (Fsp3) is 0.222. The summed E-state index contributed by atoms with van der Waals surface area (Å²) in [4.78, 5) is 25.6. The van der Waals surface area contributed by atoms with E-state index >= 15 is 0 Å². The highest BCUT2D eigenvalue weighted by Crippen LogP contribution is 2.44. The van der Waals surface area contributed by atoms with E-state index in [1.807, 2.05) is 0 Å². The van der Waals surface area contributed by atoms with Crippen LogP contribution in [0.25, 0.3) is 0 Å². The van der Waals surface area contributed by atoms with Gasteiger partial charge in [-0.3, -0.25) is 4.79 Å². The van der Waals surface area contributed by atoms with Crippen molar-refractivity contribution in [1.82, 2.24) is 0 Å². The Hall–Kier alpha value is -2.44. The number of fused-ring (bicyclic) bond motifs is 1. The van der Waals surface area contributed by atoms with Gasteiger partial charge in [0, 0.05) is 46.0 Å². The number of hydrogen-bond donors (Lipinski definition) is 3. The summed E-state index contributed by atoms with van der Waals surface area (Å²) in [6, 6.07) is 8.58. The molecule has 2 aromatic rings. The van der Waals surface area contributed by atoms with E-state index in [2.05, 4.69) is 5.32 Å². The minimum atomic E-state index is -1.02. The smallest absolute Gasteiger partial charge is 0.326 e. The number of nitrogens with one attached hydrogen (secondary N) is 1. The molecule has 2 atom stereocenters. The molecule has 1 aliphatic rings. The Morgan fingerprint density at radius 3 is 2.46 bits per heavy atom. The van der Waals surface area contributed by atoms with Gasteiger partial charge in [-0.15, -0.1) is 0 Å². The second kappa shape index (κ2) is 7.05. The normalized spacial score (nSPS) is 18.6. The van der Waals surface area contributed by atoms with Crippen LogP contribution in [0.1, 0.15) is 24.9 Å². The van der Waals surface area contributed by atoms with Gasteiger partial charge >= 0.3 is 5.97 Å². The van der Waals surface area contributed by atoms with Gasteiger partial charge in [0.15, 0.2) is 0 Å². The number of anilines is 3. The number of nitrogens with zero attached hydrogens (tertiary/aromatic N) is 1. The number of hydrogen-bond acceptors (Lipinski definition) is 4. The number of amides is 1. The zero-order valence-corrected chi connectivity index (χ0v) is 15.4. The second-order valence-corrected chi connectivity index (χ2v) is 6.96. The minimum Gasteiger partial charge on any atom is -0.480 e. The van der Waals surface area contributed by atoms with Gasteiger partial charge in [0.25, 0.3) is 0 Å². The Balaban J connectivity index is 2.15. The van der Waals surface area contributed by atoms with Crippen LogP contribution in [0, 0.1) is 0 Å². The Labute approximate surface area is 160 Å². The molecule has 0 saturated carbocycles. The van der Waals surface area contributed by atoms with Gasteiger partial charge in [-0.05, 0) is 36.4 Å². The van der Waals surface area contributed by atoms with Crippen molar-refractivity contribution in [2.45, 2.75) is 25.4 Å². The molecule has 136 valence electrons. The van der Waals surface area contributed by atoms with Crippen LogP contribution >= 0.6 is 23.2 Å². The first-order valence-corrected chi connectivity index (χ1v) is 8.67. The van der Waals surface area contributed by atoms with Crippen LogP contribution in [-0.4, -0.2) is 23.0 Å². The number of rotatable bonds is 3. The zero-order valence-electron chi connectivity index (χ0n) is 13.9. The number of carbonyl (C=O) groups excluding carboxylic acids is 1. The van der Waals surface area contributed by atoms with Gasteiger partial charge in [0.05, 0.1) is 6.04 Å². The molecule has 3 rings (SSSR count). The van der Waals surface area contributed by atoms with Gasteiger partial charge < -0.3 is 21.1 Å². The van der Waals surface area contributed by atoms with Gasteiger partial charge in [0.2, 0.25) is 5.91 Å². The van der Waals surface area contributed by atoms with E-state index in [1.54, 1.807) is 36.4 Å². The highest BCUT2D eigenvalue weighted by Gasteiger charge is 2.37. The maximum Gasteiger partial charge on any atom is 0.326 e. The maximum absolute atomic E-state index is 12.5. The van der Waals surface area contributed by atoms with Crippen LogP contribution in [0.3, 0.4) is 0 Å². The first-order valence-electron chi connectivity index (χ1n) is 7.91. The Kier molecular flexibility index (Phi) is 4.98. The molecule has 1 amide bonds. The van der Waals surface area contributed by atoms with Crippen molar-refractivity contribution in [3.63, 3.8) is 0 Å². The van der Waals surface area contributed by atoms with Gasteiger partial charge in [-0.2, -0.15) is 0 Å². The average Bonchev–Trinajstić information content (AvgIpc) is 2.55. The van der Waals surface area contributed by atoms with Crippen LogP contribution in [-0.2, 0) is 9.59 Å². The average molecular weight is 394 g/mol. The molecule has 0 bridgehead atoms. The molecule has 2 aromatic carbocycles. The Morgan fingerprint density at radius 2 is 1.88 bits per heavy atom. The summed E-state index contributed by atoms with van der Waals surface area (Å²) in [5.41, 5.74) is 8.06. The molecule has 0 fully saturated rings. The molecule has 6 nitrogen and oxygen atoms in total. The van der Waals surface area contributed by atoms with E-state index in [-0.39, 0.29) is 12.3 Å². The molecule has 0 radical (unpaired) electrons. The number of carbonyl (C=O) groups is 2. The van der Waals surface area contributed by atoms with Crippen molar-refractivity contribution in [3.05, 3.63) is 52.0 Å². The Bertz CT molecular complexity index is 871. The summed E-state index contributed by atoms with van der Waals surface area (Å²) in [6.45, 7) is 1.43. The van der Waals surface area contributed by atoms with Crippen molar-refractivity contribution in [2.24, 2.45) is 0 Å². The molecule has 4 N–H and O–H groups in total. The highest BCUT2D eigenvalue weighted by molar-refractivity contribution is 6.35. The SMILES string of the molecule is CC(=O)N(c1ccc(N)cc1)[C@@H]1C[C@@H](C(=O)O)Nc2cc(Cl)cc(Cl)c21. The van der Waals surface area contributed by atoms with Crippen LogP contribution < -0.4 is 16.0 Å². The lowest BCUT2D eigenvalue weighted by Gasteiger charge is -2.38. The zero-order chi connectivity index (χ0) is 19.0. The van der Waals surface area contributed by atoms with E-state index < -0.39 is 18.1 Å². The third kappa shape index (κ3) is 3.43. The molecule has 8 heteroatoms. The lowest BCUT2D eigenvalue weighted by Crippen LogP contribution is -2.43. The number of nitrogens with two attached hydrogens (primary N) is 1. The van der Waals surface area contributed by atoms with Crippen LogP contribution in [0.5, 0.6) is 0 Å². The second-order valence-electron chi connectivity index (χ2n) is 6.12. The molecule has 26 heavy (non-hydrogen) atoms. The summed E-state index contributed by atoms with van der Waals surface area (Å²) in [7, 11) is 0. The lowest BCUT2D eigenvalue weighted by molar-refractivity contribution is -0.138. The highest BCUT2D eigenvalue weighted by atomic mass is 35.5. The van der Waals surface area contributed by atoms with E-state index in [0.29, 0.717) is 32.7 Å². The predicted molar refractivity (Wildman–Crippen MR) is 103 cm³/mol. The van der Waals surface area contributed by atoms with E-state index in [9.17, 15) is 14.7 Å². The number of aliphatic carboxylic acids is 1. The molecule has 0 aromatic heterocycles. The third-order valence-corrected chi connectivity index (χ3v) is 4.87. The maximum atomic E-state index is 12.5. The molecular formula is C18H17Cl2N3O3. The fourth-order valence-corrected chi connectivity index (χ4v) is 3.86. The molecule has 0 saturated heterocycles. The Morgan fingerprint density at radius 1 is 1.23 bits per heavy atom. The lowest BCUT2D eigenvalue weighted by atomic mass is 9.91. The minimum absolute atomic E-state index is 0.160. The first-order chi connectivity index (χ1) is 12.3. The molecular weight excluding hydrogens is 377 g/mol. The largest absolute Gasteiger partial charge is 0.480 e. The van der Waals surface area contributed by atoms with Crippen molar-refractivity contribution in [1.29, 1.82) is 0 Å². The number of carboxylic acid groups (broad SMARTS) is 1. The van der Waals surface area contributed by atoms with Crippen LogP contribution in [0.2, 0.25) is 10.0 Å². The summed E-state index contributed by atoms with van der Waals surface area (Å²) in [5.74, 6) is -1.25. The van der Waals surface area contributed by atoms with Crippen molar-refractivity contribution >= 4 is 52.1 Å². The number of benzene rings is 2. The standard InChI is InChI=1S/C18H17Cl2N3O3/c1-9(24)23(12-4-2-11(21)3-5-12)16-8-15(18(25)26)22-14-7-10(19)6-13(20)17(14)16/h2-7,15-16,22H,8,21H2,1H3,(H,25,26)/t15-,16+/m0/s1. The van der Waals surface area contributed by atoms with Crippen LogP contribution in [0.4, 0.5) is 17.1 Å². The quantitative estimate of drug-likeness (QED) is 0.686. The van der Waals surface area contributed by atoms with Gasteiger partial charge in [0.1, 0.15) is 6.04 Å². The molecule has 1 heterocycles. The van der Waals surface area contributed by atoms with E-state index in [1.165, 1.54) is 11.8 Å². The fourth-order valence-electron chi connectivity index (χ4n) is 3.24. The summed E-state index contributed by atoms with van der Waals surface area (Å²) >= 11 is 12.5. The van der Waals surface area contributed by atoms with E-state index in [0.717, 1.165) is 0 Å². The van der Waals surface area contributed by atoms with Crippen molar-refractivity contribution in [3.8, 4) is 0 Å². The van der Waals surface area contributed by atoms with Crippen molar-refractivity contribution < 1.29 is 14.7 Å². The van der Waals surface area contributed by atoms with E-state index in [4.69, 9.17) is 28.9 Å².